The van der Waals surface area contributed by atoms with E-state index < -0.39 is 17.9 Å². The molecule has 0 radical (unpaired) electrons. The van der Waals surface area contributed by atoms with Gasteiger partial charge in [0.1, 0.15) is 0 Å². The van der Waals surface area contributed by atoms with Gasteiger partial charge in [0.05, 0.1) is 25.0 Å². The van der Waals surface area contributed by atoms with Gasteiger partial charge in [0, 0.05) is 6.42 Å². The summed E-state index contributed by atoms with van der Waals surface area (Å²) in [4.78, 5) is 22.6. The molecule has 0 aliphatic heterocycles. The molecule has 0 N–H and O–H groups in total. The van der Waals surface area contributed by atoms with Crippen LogP contribution in [0.4, 0.5) is 0 Å². The minimum Gasteiger partial charge on any atom is -0.465 e. The topological polar surface area (TPSA) is 76.4 Å². The van der Waals surface area contributed by atoms with Crippen LogP contribution in [0.25, 0.3) is 0 Å². The van der Waals surface area contributed by atoms with Gasteiger partial charge < -0.3 is 9.47 Å². The first-order valence-corrected chi connectivity index (χ1v) is 5.74. The predicted octanol–water partition coefficient (Wildman–Crippen LogP) is 1.43. The van der Waals surface area contributed by atoms with Gasteiger partial charge in [-0.3, -0.25) is 9.59 Å². The maximum Gasteiger partial charge on any atom is 0.309 e. The summed E-state index contributed by atoms with van der Waals surface area (Å²) in [6, 6.07) is 2.01. The average Bonchev–Trinajstić information content (AvgIpc) is 2.35. The van der Waals surface area contributed by atoms with Gasteiger partial charge >= 0.3 is 11.9 Å². The Hall–Kier alpha value is -2.01. The summed E-state index contributed by atoms with van der Waals surface area (Å²) in [5.41, 5.74) is 0. The molecule has 0 spiro atoms. The molecule has 0 aliphatic rings. The van der Waals surface area contributed by atoms with Crippen molar-refractivity contribution in [3.05, 3.63) is 0 Å². The Morgan fingerprint density at radius 2 is 2.06 bits per heavy atom. The van der Waals surface area contributed by atoms with Crippen molar-refractivity contribution in [2.24, 2.45) is 5.92 Å². The zero-order valence-electron chi connectivity index (χ0n) is 10.5. The van der Waals surface area contributed by atoms with Gasteiger partial charge in [-0.25, -0.2) is 0 Å². The SMILES string of the molecule is C#CCOC(=O)CC(C)C(=O)OCCCCC#N. The Morgan fingerprint density at radius 3 is 2.67 bits per heavy atom. The second-order valence-electron chi connectivity index (χ2n) is 3.75. The molecule has 0 bridgehead atoms. The molecule has 0 amide bonds. The van der Waals surface area contributed by atoms with Crippen LogP contribution >= 0.6 is 0 Å². The van der Waals surface area contributed by atoms with E-state index in [1.807, 2.05) is 6.07 Å². The number of hydrogen-bond donors (Lipinski definition) is 0. The highest BCUT2D eigenvalue weighted by atomic mass is 16.5. The highest BCUT2D eigenvalue weighted by molar-refractivity contribution is 5.79. The van der Waals surface area contributed by atoms with Crippen molar-refractivity contribution in [1.29, 1.82) is 5.26 Å². The van der Waals surface area contributed by atoms with Gasteiger partial charge in [-0.1, -0.05) is 12.8 Å². The van der Waals surface area contributed by atoms with Crippen molar-refractivity contribution >= 4 is 11.9 Å². The lowest BCUT2D eigenvalue weighted by Crippen LogP contribution is -2.20. The predicted molar refractivity (Wildman–Crippen MR) is 64.0 cm³/mol. The molecule has 0 saturated heterocycles. The summed E-state index contributed by atoms with van der Waals surface area (Å²) >= 11 is 0. The third-order valence-electron chi connectivity index (χ3n) is 2.12. The van der Waals surface area contributed by atoms with E-state index in [-0.39, 0.29) is 19.6 Å². The van der Waals surface area contributed by atoms with Crippen molar-refractivity contribution < 1.29 is 19.1 Å². The molecule has 0 heterocycles. The van der Waals surface area contributed by atoms with Gasteiger partial charge in [0.2, 0.25) is 0 Å². The summed E-state index contributed by atoms with van der Waals surface area (Å²) in [6.45, 7) is 1.77. The van der Waals surface area contributed by atoms with E-state index >= 15 is 0 Å². The van der Waals surface area contributed by atoms with Crippen LogP contribution in [0.1, 0.15) is 32.6 Å². The van der Waals surface area contributed by atoms with Gasteiger partial charge in [-0.2, -0.15) is 5.26 Å². The Labute approximate surface area is 107 Å². The first-order valence-electron chi connectivity index (χ1n) is 5.74. The van der Waals surface area contributed by atoms with E-state index in [0.717, 1.165) is 0 Å². The van der Waals surface area contributed by atoms with Crippen molar-refractivity contribution in [2.45, 2.75) is 32.6 Å². The molecule has 0 aromatic rings. The van der Waals surface area contributed by atoms with E-state index in [2.05, 4.69) is 10.7 Å². The molecule has 5 nitrogen and oxygen atoms in total. The van der Waals surface area contributed by atoms with Crippen LogP contribution in [0.2, 0.25) is 0 Å². The molecule has 0 aromatic carbocycles. The maximum atomic E-state index is 11.4. The van der Waals surface area contributed by atoms with Gasteiger partial charge in [0.25, 0.3) is 0 Å². The number of unbranched alkanes of at least 4 members (excludes halogenated alkanes) is 2. The lowest BCUT2D eigenvalue weighted by Gasteiger charge is -2.10. The maximum absolute atomic E-state index is 11.4. The average molecular weight is 251 g/mol. The molecule has 0 rings (SSSR count). The van der Waals surface area contributed by atoms with E-state index in [1.165, 1.54) is 0 Å². The van der Waals surface area contributed by atoms with Crippen molar-refractivity contribution in [1.82, 2.24) is 0 Å². The molecule has 0 fully saturated rings. The third kappa shape index (κ3) is 8.18. The standard InChI is InChI=1S/C13H17NO4/c1-3-8-17-12(15)10-11(2)13(16)18-9-6-4-5-7-14/h1,11H,4-6,8-10H2,2H3. The van der Waals surface area contributed by atoms with E-state index in [4.69, 9.17) is 16.4 Å². The quantitative estimate of drug-likeness (QED) is 0.370. The number of rotatable bonds is 8. The zero-order valence-corrected chi connectivity index (χ0v) is 10.5. The molecular formula is C13H17NO4. The number of nitrogens with zero attached hydrogens (tertiary/aromatic N) is 1. The minimum atomic E-state index is -0.550. The fraction of sp³-hybridized carbons (Fsp3) is 0.615. The van der Waals surface area contributed by atoms with E-state index in [9.17, 15) is 9.59 Å². The number of terminal acetylenes is 1. The van der Waals surface area contributed by atoms with Gasteiger partial charge in [-0.15, -0.1) is 6.42 Å². The number of carbonyl (C=O) groups is 2. The van der Waals surface area contributed by atoms with Crippen LogP contribution < -0.4 is 0 Å². The molecule has 0 aliphatic carbocycles. The molecule has 0 saturated carbocycles. The smallest absolute Gasteiger partial charge is 0.309 e. The normalized spacial score (nSPS) is 10.8. The lowest BCUT2D eigenvalue weighted by atomic mass is 10.1. The van der Waals surface area contributed by atoms with Crippen LogP contribution in [0, 0.1) is 29.6 Å². The third-order valence-corrected chi connectivity index (χ3v) is 2.12. The van der Waals surface area contributed by atoms with Crippen LogP contribution in [0.5, 0.6) is 0 Å². The minimum absolute atomic E-state index is 0.0429. The molecule has 1 unspecified atom stereocenters. The lowest BCUT2D eigenvalue weighted by molar-refractivity contribution is -0.154. The van der Waals surface area contributed by atoms with Gasteiger partial charge in [-0.05, 0) is 12.8 Å². The summed E-state index contributed by atoms with van der Waals surface area (Å²) in [5.74, 6) is 0.667. The summed E-state index contributed by atoms with van der Waals surface area (Å²) in [5, 5.41) is 8.31. The molecule has 5 heteroatoms. The summed E-state index contributed by atoms with van der Waals surface area (Å²) in [6.07, 6.45) is 6.68. The monoisotopic (exact) mass is 251 g/mol. The first-order chi connectivity index (χ1) is 8.61. The van der Waals surface area contributed by atoms with Crippen LogP contribution in [-0.4, -0.2) is 25.2 Å². The summed E-state index contributed by atoms with van der Waals surface area (Å²) in [7, 11) is 0. The second kappa shape index (κ2) is 10.2. The molecule has 18 heavy (non-hydrogen) atoms. The Morgan fingerprint density at radius 1 is 1.33 bits per heavy atom. The van der Waals surface area contributed by atoms with E-state index in [1.54, 1.807) is 6.92 Å². The number of carbonyl (C=O) groups excluding carboxylic acids is 2. The molecule has 0 aromatic heterocycles. The highest BCUT2D eigenvalue weighted by Gasteiger charge is 2.18. The van der Waals surface area contributed by atoms with Crippen molar-refractivity contribution in [2.75, 3.05) is 13.2 Å². The van der Waals surface area contributed by atoms with Crippen LogP contribution in [0.3, 0.4) is 0 Å². The number of nitriles is 1. The highest BCUT2D eigenvalue weighted by Crippen LogP contribution is 2.07. The first kappa shape index (κ1) is 16.0. The molecular weight excluding hydrogens is 234 g/mol. The Balaban J connectivity index is 3.73. The van der Waals surface area contributed by atoms with Crippen molar-refractivity contribution in [3.63, 3.8) is 0 Å². The Kier molecular flexibility index (Phi) is 9.03. The number of esters is 2. The van der Waals surface area contributed by atoms with E-state index in [0.29, 0.717) is 19.3 Å². The number of ether oxygens (including phenoxy) is 2. The van der Waals surface area contributed by atoms with Crippen molar-refractivity contribution in [3.8, 4) is 18.4 Å². The second-order valence-corrected chi connectivity index (χ2v) is 3.75. The zero-order chi connectivity index (χ0) is 13.8. The van der Waals surface area contributed by atoms with Crippen LogP contribution in [0.15, 0.2) is 0 Å². The van der Waals surface area contributed by atoms with Gasteiger partial charge in [0.15, 0.2) is 6.61 Å². The molecule has 1 atom stereocenters. The Bertz CT molecular complexity index is 351. The summed E-state index contributed by atoms with van der Waals surface area (Å²) < 4.78 is 9.61. The largest absolute Gasteiger partial charge is 0.465 e. The fourth-order valence-electron chi connectivity index (χ4n) is 1.14. The van der Waals surface area contributed by atoms with Crippen LogP contribution in [-0.2, 0) is 19.1 Å². The number of hydrogen-bond acceptors (Lipinski definition) is 5. The fourth-order valence-corrected chi connectivity index (χ4v) is 1.14. The molecule has 98 valence electrons.